The molecule has 0 bridgehead atoms. The van der Waals surface area contributed by atoms with Gasteiger partial charge in [-0.15, -0.1) is 0 Å². The van der Waals surface area contributed by atoms with Gasteiger partial charge in [0.25, 0.3) is 0 Å². The molecule has 2 aromatic heterocycles. The lowest BCUT2D eigenvalue weighted by atomic mass is 10.2. The Morgan fingerprint density at radius 1 is 1.44 bits per heavy atom. The number of nitrogens with zero attached hydrogens (tertiary/aromatic N) is 2. The molecule has 0 unspecified atom stereocenters. The number of nitrogens with one attached hydrogen (secondary N) is 1. The zero-order chi connectivity index (χ0) is 13.5. The maximum Gasteiger partial charge on any atom is 0.417 e. The predicted molar refractivity (Wildman–Crippen MR) is 60.2 cm³/mol. The molecule has 0 aromatic carbocycles. The minimum Gasteiger partial charge on any atom is -0.305 e. The fraction of sp³-hybridized carbons (Fsp3) is 0.455. The number of hydrogen-bond donors (Lipinski definition) is 1. The van der Waals surface area contributed by atoms with Crippen LogP contribution >= 0.6 is 0 Å². The van der Waals surface area contributed by atoms with Crippen LogP contribution in [0.3, 0.4) is 0 Å². The molecule has 0 atom stereocenters. The standard InChI is InChI=1S/C11H12F3N3O/c1-6(2)4-17-5-7-8(11(12,13)14)3-9(18)15-10(7)16-17/h3,5-6H,4H2,1-2H3,(H,15,16,18). The number of halogens is 3. The number of rotatable bonds is 2. The SMILES string of the molecule is CC(C)Cn1cc2c(C(F)(F)F)cc(=O)[nH]c2n1. The van der Waals surface area contributed by atoms with Gasteiger partial charge in [-0.25, -0.2) is 0 Å². The van der Waals surface area contributed by atoms with E-state index in [1.807, 2.05) is 13.8 Å². The summed E-state index contributed by atoms with van der Waals surface area (Å²) in [6, 6.07) is 0.559. The van der Waals surface area contributed by atoms with Crippen LogP contribution in [0.25, 0.3) is 11.0 Å². The van der Waals surface area contributed by atoms with Crippen LogP contribution in [0.15, 0.2) is 17.1 Å². The Balaban J connectivity index is 2.64. The van der Waals surface area contributed by atoms with Crippen molar-refractivity contribution in [3.05, 3.63) is 28.2 Å². The highest BCUT2D eigenvalue weighted by atomic mass is 19.4. The molecule has 0 spiro atoms. The van der Waals surface area contributed by atoms with Crippen molar-refractivity contribution < 1.29 is 13.2 Å². The average Bonchev–Trinajstić information content (AvgIpc) is 2.55. The molecule has 0 aliphatic carbocycles. The van der Waals surface area contributed by atoms with Crippen LogP contribution in [-0.2, 0) is 12.7 Å². The quantitative estimate of drug-likeness (QED) is 0.900. The van der Waals surface area contributed by atoms with E-state index < -0.39 is 17.3 Å². The number of alkyl halides is 3. The molecular weight excluding hydrogens is 247 g/mol. The van der Waals surface area contributed by atoms with Gasteiger partial charge < -0.3 is 4.98 Å². The highest BCUT2D eigenvalue weighted by Gasteiger charge is 2.34. The van der Waals surface area contributed by atoms with Crippen molar-refractivity contribution in [2.75, 3.05) is 0 Å². The second-order valence-electron chi connectivity index (χ2n) is 4.55. The fourth-order valence-corrected chi connectivity index (χ4v) is 1.77. The second kappa shape index (κ2) is 4.15. The first kappa shape index (κ1) is 12.7. The summed E-state index contributed by atoms with van der Waals surface area (Å²) in [6.45, 7) is 4.35. The molecular formula is C11H12F3N3O. The van der Waals surface area contributed by atoms with Crippen molar-refractivity contribution in [2.24, 2.45) is 5.92 Å². The van der Waals surface area contributed by atoms with E-state index in [4.69, 9.17) is 0 Å². The van der Waals surface area contributed by atoms with Gasteiger partial charge in [-0.05, 0) is 5.92 Å². The third-order valence-electron chi connectivity index (χ3n) is 2.43. The molecule has 4 nitrogen and oxygen atoms in total. The smallest absolute Gasteiger partial charge is 0.305 e. The summed E-state index contributed by atoms with van der Waals surface area (Å²) in [5.74, 6) is 0.250. The molecule has 0 aliphatic heterocycles. The first-order chi connectivity index (χ1) is 8.27. The van der Waals surface area contributed by atoms with Crippen molar-refractivity contribution in [1.82, 2.24) is 14.8 Å². The Morgan fingerprint density at radius 2 is 2.11 bits per heavy atom. The molecule has 2 aromatic rings. The molecule has 1 N–H and O–H groups in total. The number of aromatic amines is 1. The monoisotopic (exact) mass is 259 g/mol. The zero-order valence-electron chi connectivity index (χ0n) is 9.88. The van der Waals surface area contributed by atoms with E-state index in [1.165, 1.54) is 10.9 Å². The van der Waals surface area contributed by atoms with E-state index in [0.29, 0.717) is 12.6 Å². The Labute approximate surface area is 100 Å². The number of fused-ring (bicyclic) bond motifs is 1. The van der Waals surface area contributed by atoms with Crippen molar-refractivity contribution in [2.45, 2.75) is 26.6 Å². The van der Waals surface area contributed by atoms with Crippen LogP contribution < -0.4 is 5.56 Å². The Hall–Kier alpha value is -1.79. The predicted octanol–water partition coefficient (Wildman–Crippen LogP) is 2.40. The van der Waals surface area contributed by atoms with E-state index in [1.54, 1.807) is 0 Å². The van der Waals surface area contributed by atoms with Crippen LogP contribution in [0.1, 0.15) is 19.4 Å². The van der Waals surface area contributed by atoms with Gasteiger partial charge in [-0.1, -0.05) is 13.8 Å². The largest absolute Gasteiger partial charge is 0.417 e. The van der Waals surface area contributed by atoms with Gasteiger partial charge in [0, 0.05) is 24.2 Å². The van der Waals surface area contributed by atoms with E-state index in [9.17, 15) is 18.0 Å². The number of H-pyrrole nitrogens is 1. The highest BCUT2D eigenvalue weighted by molar-refractivity contribution is 5.78. The lowest BCUT2D eigenvalue weighted by Crippen LogP contribution is -2.13. The Bertz CT molecular complexity index is 624. The normalized spacial score (nSPS) is 12.6. The van der Waals surface area contributed by atoms with E-state index >= 15 is 0 Å². The first-order valence-corrected chi connectivity index (χ1v) is 5.45. The summed E-state index contributed by atoms with van der Waals surface area (Å²) in [4.78, 5) is 13.5. The van der Waals surface area contributed by atoms with Gasteiger partial charge in [0.15, 0.2) is 5.65 Å². The summed E-state index contributed by atoms with van der Waals surface area (Å²) in [7, 11) is 0. The summed E-state index contributed by atoms with van der Waals surface area (Å²) in [5, 5.41) is 3.87. The minimum absolute atomic E-state index is 0.0320. The summed E-state index contributed by atoms with van der Waals surface area (Å²) in [6.07, 6.45) is -3.24. The summed E-state index contributed by atoms with van der Waals surface area (Å²) < 4.78 is 39.8. The van der Waals surface area contributed by atoms with Crippen LogP contribution in [0.4, 0.5) is 13.2 Å². The van der Waals surface area contributed by atoms with Crippen LogP contribution in [0.5, 0.6) is 0 Å². The fourth-order valence-electron chi connectivity index (χ4n) is 1.77. The second-order valence-corrected chi connectivity index (χ2v) is 4.55. The molecule has 18 heavy (non-hydrogen) atoms. The Kier molecular flexibility index (Phi) is 2.92. The molecule has 0 fully saturated rings. The molecule has 0 radical (unpaired) electrons. The first-order valence-electron chi connectivity index (χ1n) is 5.45. The van der Waals surface area contributed by atoms with E-state index in [-0.39, 0.29) is 17.0 Å². The van der Waals surface area contributed by atoms with E-state index in [2.05, 4.69) is 10.1 Å². The highest BCUT2D eigenvalue weighted by Crippen LogP contribution is 2.32. The number of pyridine rings is 1. The van der Waals surface area contributed by atoms with Crippen molar-refractivity contribution in [3.63, 3.8) is 0 Å². The van der Waals surface area contributed by atoms with Gasteiger partial charge in [0.2, 0.25) is 5.56 Å². The van der Waals surface area contributed by atoms with Gasteiger partial charge in [-0.3, -0.25) is 9.48 Å². The third kappa shape index (κ3) is 2.39. The molecule has 7 heteroatoms. The lowest BCUT2D eigenvalue weighted by Gasteiger charge is -2.06. The molecule has 0 aliphatic rings. The van der Waals surface area contributed by atoms with E-state index in [0.717, 1.165) is 0 Å². The summed E-state index contributed by atoms with van der Waals surface area (Å²) in [5.41, 5.74) is -1.78. The van der Waals surface area contributed by atoms with Crippen LogP contribution in [-0.4, -0.2) is 14.8 Å². The zero-order valence-corrected chi connectivity index (χ0v) is 9.88. The number of hydrogen-bond acceptors (Lipinski definition) is 2. The van der Waals surface area contributed by atoms with Crippen LogP contribution in [0.2, 0.25) is 0 Å². The maximum absolute atomic E-state index is 12.8. The van der Waals surface area contributed by atoms with Gasteiger partial charge in [0.05, 0.1) is 5.56 Å². The van der Waals surface area contributed by atoms with Crippen LogP contribution in [0, 0.1) is 5.92 Å². The minimum atomic E-state index is -4.56. The molecule has 98 valence electrons. The maximum atomic E-state index is 12.8. The summed E-state index contributed by atoms with van der Waals surface area (Å²) >= 11 is 0. The van der Waals surface area contributed by atoms with Crippen molar-refractivity contribution >= 4 is 11.0 Å². The van der Waals surface area contributed by atoms with Gasteiger partial charge in [0.1, 0.15) is 0 Å². The molecule has 2 heterocycles. The average molecular weight is 259 g/mol. The van der Waals surface area contributed by atoms with Crippen molar-refractivity contribution in [1.29, 1.82) is 0 Å². The van der Waals surface area contributed by atoms with Gasteiger partial charge >= 0.3 is 6.18 Å². The third-order valence-corrected chi connectivity index (χ3v) is 2.43. The molecule has 2 rings (SSSR count). The molecule has 0 saturated heterocycles. The molecule has 0 saturated carbocycles. The van der Waals surface area contributed by atoms with Crippen molar-refractivity contribution in [3.8, 4) is 0 Å². The van der Waals surface area contributed by atoms with Gasteiger partial charge in [-0.2, -0.15) is 18.3 Å². The lowest BCUT2D eigenvalue weighted by molar-refractivity contribution is -0.136. The molecule has 0 amide bonds. The topological polar surface area (TPSA) is 50.7 Å². The number of aromatic nitrogens is 3. The Morgan fingerprint density at radius 3 is 2.67 bits per heavy atom.